The molecular formula is C16H20FNO. The summed E-state index contributed by atoms with van der Waals surface area (Å²) in [6, 6.07) is 10.0. The Hall–Kier alpha value is -1.38. The average molecular weight is 261 g/mol. The molecule has 2 aliphatic carbocycles. The lowest BCUT2D eigenvalue weighted by Crippen LogP contribution is -2.39. The molecule has 1 spiro atoms. The van der Waals surface area contributed by atoms with E-state index in [1.807, 2.05) is 30.3 Å². The smallest absolute Gasteiger partial charge is 0.231 e. The molecule has 0 saturated heterocycles. The Morgan fingerprint density at radius 3 is 2.53 bits per heavy atom. The zero-order valence-electron chi connectivity index (χ0n) is 11.1. The molecule has 0 unspecified atom stereocenters. The van der Waals surface area contributed by atoms with E-state index < -0.39 is 6.67 Å². The summed E-state index contributed by atoms with van der Waals surface area (Å²) in [6.45, 7) is -0.368. The molecule has 2 aliphatic rings. The largest absolute Gasteiger partial charge is 0.353 e. The highest BCUT2D eigenvalue weighted by Gasteiger charge is 2.72. The van der Waals surface area contributed by atoms with Crippen LogP contribution in [0.15, 0.2) is 30.3 Å². The number of alkyl halides is 1. The van der Waals surface area contributed by atoms with Crippen LogP contribution in [0.5, 0.6) is 0 Å². The Labute approximate surface area is 113 Å². The van der Waals surface area contributed by atoms with Crippen LogP contribution in [-0.4, -0.2) is 19.1 Å². The first-order valence-corrected chi connectivity index (χ1v) is 7.15. The van der Waals surface area contributed by atoms with Crippen LogP contribution < -0.4 is 5.32 Å². The molecule has 102 valence electrons. The third-order valence-corrected chi connectivity index (χ3v) is 4.98. The number of hydrogen-bond acceptors (Lipinski definition) is 1. The second-order valence-electron chi connectivity index (χ2n) is 5.88. The first kappa shape index (κ1) is 12.6. The molecule has 0 aromatic heterocycles. The van der Waals surface area contributed by atoms with Crippen LogP contribution in [0.4, 0.5) is 4.39 Å². The van der Waals surface area contributed by atoms with E-state index in [9.17, 15) is 9.18 Å². The van der Waals surface area contributed by atoms with Crippen molar-refractivity contribution in [1.82, 2.24) is 5.32 Å². The van der Waals surface area contributed by atoms with E-state index in [1.165, 1.54) is 12.8 Å². The summed E-state index contributed by atoms with van der Waals surface area (Å²) in [5, 5.41) is 2.77. The lowest BCUT2D eigenvalue weighted by Gasteiger charge is -2.22. The third kappa shape index (κ3) is 1.78. The van der Waals surface area contributed by atoms with Gasteiger partial charge in [-0.3, -0.25) is 4.79 Å². The molecule has 1 N–H and O–H groups in total. The Kier molecular flexibility index (Phi) is 3.08. The van der Waals surface area contributed by atoms with Gasteiger partial charge in [-0.2, -0.15) is 0 Å². The van der Waals surface area contributed by atoms with Gasteiger partial charge >= 0.3 is 0 Å². The number of hydrogen-bond donors (Lipinski definition) is 1. The molecule has 19 heavy (non-hydrogen) atoms. The Morgan fingerprint density at radius 2 is 1.89 bits per heavy atom. The first-order chi connectivity index (χ1) is 9.25. The van der Waals surface area contributed by atoms with Gasteiger partial charge in [-0.1, -0.05) is 43.2 Å². The SMILES string of the molecule is O=C(NCCF)[C@@]1(c2ccccc2)CC12CCCC2. The van der Waals surface area contributed by atoms with Gasteiger partial charge in [0.15, 0.2) is 0 Å². The van der Waals surface area contributed by atoms with E-state index in [-0.39, 0.29) is 23.3 Å². The van der Waals surface area contributed by atoms with Crippen LogP contribution in [0.1, 0.15) is 37.7 Å². The Balaban J connectivity index is 1.92. The summed E-state index contributed by atoms with van der Waals surface area (Å²) in [7, 11) is 0. The van der Waals surface area contributed by atoms with E-state index >= 15 is 0 Å². The highest BCUT2D eigenvalue weighted by Crippen LogP contribution is 2.72. The van der Waals surface area contributed by atoms with E-state index in [0.717, 1.165) is 24.8 Å². The molecule has 2 nitrogen and oxygen atoms in total. The van der Waals surface area contributed by atoms with Crippen molar-refractivity contribution in [1.29, 1.82) is 0 Å². The summed E-state index contributed by atoms with van der Waals surface area (Å²) in [4.78, 5) is 12.6. The van der Waals surface area contributed by atoms with Gasteiger partial charge in [0.2, 0.25) is 5.91 Å². The number of amides is 1. The van der Waals surface area contributed by atoms with E-state index in [4.69, 9.17) is 0 Å². The maximum atomic E-state index is 12.6. The van der Waals surface area contributed by atoms with Crippen LogP contribution in [-0.2, 0) is 10.2 Å². The quantitative estimate of drug-likeness (QED) is 0.887. The summed E-state index contributed by atoms with van der Waals surface area (Å²) in [6.07, 6.45) is 5.62. The topological polar surface area (TPSA) is 29.1 Å². The standard InChI is InChI=1S/C16H20FNO/c17-10-11-18-14(19)16(13-6-2-1-3-7-13)12-15(16)8-4-5-9-15/h1-3,6-7H,4-5,8-12H2,(H,18,19)/t16-/m0/s1. The lowest BCUT2D eigenvalue weighted by molar-refractivity contribution is -0.124. The fourth-order valence-electron chi connectivity index (χ4n) is 4.01. The van der Waals surface area contributed by atoms with Gasteiger partial charge in [0.05, 0.1) is 5.41 Å². The summed E-state index contributed by atoms with van der Waals surface area (Å²) in [5.41, 5.74) is 0.863. The number of rotatable bonds is 4. The second-order valence-corrected chi connectivity index (χ2v) is 5.88. The van der Waals surface area contributed by atoms with E-state index in [0.29, 0.717) is 0 Å². The predicted octanol–water partition coefficient (Wildman–Crippen LogP) is 2.97. The van der Waals surface area contributed by atoms with Gasteiger partial charge in [-0.25, -0.2) is 4.39 Å². The summed E-state index contributed by atoms with van der Waals surface area (Å²) < 4.78 is 12.3. The van der Waals surface area contributed by atoms with Crippen molar-refractivity contribution in [2.24, 2.45) is 5.41 Å². The van der Waals surface area contributed by atoms with Crippen LogP contribution in [0.2, 0.25) is 0 Å². The van der Waals surface area contributed by atoms with Crippen molar-refractivity contribution in [3.63, 3.8) is 0 Å². The van der Waals surface area contributed by atoms with Gasteiger partial charge in [0.25, 0.3) is 0 Å². The van der Waals surface area contributed by atoms with Crippen LogP contribution >= 0.6 is 0 Å². The van der Waals surface area contributed by atoms with Gasteiger partial charge in [0, 0.05) is 6.54 Å². The monoisotopic (exact) mass is 261 g/mol. The van der Waals surface area contributed by atoms with E-state index in [2.05, 4.69) is 5.32 Å². The van der Waals surface area contributed by atoms with Crippen molar-refractivity contribution in [3.05, 3.63) is 35.9 Å². The fraction of sp³-hybridized carbons (Fsp3) is 0.562. The van der Waals surface area contributed by atoms with Crippen LogP contribution in [0.3, 0.4) is 0 Å². The molecule has 0 radical (unpaired) electrons. The molecular weight excluding hydrogens is 241 g/mol. The second kappa shape index (κ2) is 4.62. The predicted molar refractivity (Wildman–Crippen MR) is 72.6 cm³/mol. The van der Waals surface area contributed by atoms with Crippen LogP contribution in [0, 0.1) is 5.41 Å². The highest BCUT2D eigenvalue weighted by atomic mass is 19.1. The van der Waals surface area contributed by atoms with Gasteiger partial charge in [0.1, 0.15) is 6.67 Å². The molecule has 3 heteroatoms. The van der Waals surface area contributed by atoms with Gasteiger partial charge in [-0.05, 0) is 30.2 Å². The summed E-state index contributed by atoms with van der Waals surface area (Å²) >= 11 is 0. The Bertz CT molecular complexity index is 467. The third-order valence-electron chi connectivity index (χ3n) is 4.98. The number of carbonyl (C=O) groups is 1. The molecule has 0 bridgehead atoms. The molecule has 2 saturated carbocycles. The first-order valence-electron chi connectivity index (χ1n) is 7.15. The zero-order valence-corrected chi connectivity index (χ0v) is 11.1. The average Bonchev–Trinajstić information content (AvgIpc) is 2.86. The molecule has 0 heterocycles. The molecule has 1 aromatic rings. The van der Waals surface area contributed by atoms with Crippen molar-refractivity contribution < 1.29 is 9.18 Å². The molecule has 1 aromatic carbocycles. The van der Waals surface area contributed by atoms with Crippen LogP contribution in [0.25, 0.3) is 0 Å². The number of halogens is 1. The molecule has 3 rings (SSSR count). The molecule has 0 aliphatic heterocycles. The number of nitrogens with one attached hydrogen (secondary N) is 1. The van der Waals surface area contributed by atoms with E-state index in [1.54, 1.807) is 0 Å². The number of carbonyl (C=O) groups excluding carboxylic acids is 1. The Morgan fingerprint density at radius 1 is 1.21 bits per heavy atom. The number of benzene rings is 1. The lowest BCUT2D eigenvalue weighted by atomic mass is 9.84. The minimum atomic E-state index is -0.496. The minimum absolute atomic E-state index is 0.0262. The summed E-state index contributed by atoms with van der Waals surface area (Å²) in [5.74, 6) is 0.0262. The van der Waals surface area contributed by atoms with Crippen molar-refractivity contribution in [2.45, 2.75) is 37.5 Å². The zero-order chi connectivity index (χ0) is 13.3. The van der Waals surface area contributed by atoms with Crippen molar-refractivity contribution in [2.75, 3.05) is 13.2 Å². The minimum Gasteiger partial charge on any atom is -0.353 e. The van der Waals surface area contributed by atoms with Gasteiger partial charge in [-0.15, -0.1) is 0 Å². The van der Waals surface area contributed by atoms with Crippen molar-refractivity contribution in [3.8, 4) is 0 Å². The molecule has 2 fully saturated rings. The maximum absolute atomic E-state index is 12.6. The fourth-order valence-corrected chi connectivity index (χ4v) is 4.01. The molecule has 1 atom stereocenters. The maximum Gasteiger partial charge on any atom is 0.231 e. The highest BCUT2D eigenvalue weighted by molar-refractivity contribution is 5.93. The van der Waals surface area contributed by atoms with Crippen molar-refractivity contribution >= 4 is 5.91 Å². The normalized spacial score (nSPS) is 27.4. The van der Waals surface area contributed by atoms with Gasteiger partial charge < -0.3 is 5.32 Å². The molecule has 1 amide bonds.